The van der Waals surface area contributed by atoms with Gasteiger partial charge in [-0.25, -0.2) is 0 Å². The van der Waals surface area contributed by atoms with Gasteiger partial charge in [0.1, 0.15) is 0 Å². The molecule has 1 fully saturated rings. The first kappa shape index (κ1) is 17.5. The topological polar surface area (TPSA) is 47.6 Å². The average Bonchev–Trinajstić information content (AvgIpc) is 2.65. The molecule has 0 radical (unpaired) electrons. The fourth-order valence-electron chi connectivity index (χ4n) is 3.07. The highest BCUT2D eigenvalue weighted by Crippen LogP contribution is 2.13. The first-order valence-electron chi connectivity index (χ1n) is 8.79. The summed E-state index contributed by atoms with van der Waals surface area (Å²) >= 11 is 0. The lowest BCUT2D eigenvalue weighted by Crippen LogP contribution is -2.48. The predicted octanol–water partition coefficient (Wildman–Crippen LogP) is 2.48. The quantitative estimate of drug-likeness (QED) is 0.850. The van der Waals surface area contributed by atoms with Gasteiger partial charge in [-0.3, -0.25) is 14.6 Å². The molecule has 25 heavy (non-hydrogen) atoms. The maximum absolute atomic E-state index is 12.2. The molecule has 1 amide bonds. The molecule has 1 heterocycles. The number of amides is 1. The van der Waals surface area contributed by atoms with Gasteiger partial charge in [-0.1, -0.05) is 30.3 Å². The molecule has 2 aromatic rings. The molecule has 3 rings (SSSR count). The van der Waals surface area contributed by atoms with Gasteiger partial charge in [0.25, 0.3) is 0 Å². The molecule has 2 N–H and O–H groups in total. The second-order valence-electron chi connectivity index (χ2n) is 6.41. The van der Waals surface area contributed by atoms with Crippen molar-refractivity contribution in [3.8, 4) is 0 Å². The Morgan fingerprint density at radius 2 is 1.48 bits per heavy atom. The molecule has 5 nitrogen and oxygen atoms in total. The minimum atomic E-state index is 0.0497. The van der Waals surface area contributed by atoms with E-state index in [1.54, 1.807) is 0 Å². The lowest BCUT2D eigenvalue weighted by molar-refractivity contribution is -0.117. The van der Waals surface area contributed by atoms with E-state index in [1.807, 2.05) is 37.4 Å². The van der Waals surface area contributed by atoms with Gasteiger partial charge in [0.2, 0.25) is 5.91 Å². The standard InChI is InChI=1S/C20H26N4O/c1-21-18-7-9-19(10-8-18)22-20(25)16-24-13-11-23(12-14-24)15-17-5-3-2-4-6-17/h2-10,21H,11-16H2,1H3,(H,22,25). The minimum absolute atomic E-state index is 0.0497. The molecule has 1 saturated heterocycles. The van der Waals surface area contributed by atoms with Crippen LogP contribution < -0.4 is 10.6 Å². The van der Waals surface area contributed by atoms with Gasteiger partial charge in [0.05, 0.1) is 6.54 Å². The highest BCUT2D eigenvalue weighted by Gasteiger charge is 2.19. The van der Waals surface area contributed by atoms with Crippen molar-refractivity contribution in [1.29, 1.82) is 0 Å². The normalized spacial score (nSPS) is 15.7. The molecule has 132 valence electrons. The Morgan fingerprint density at radius 1 is 0.880 bits per heavy atom. The highest BCUT2D eigenvalue weighted by atomic mass is 16.2. The molecule has 1 aliphatic heterocycles. The SMILES string of the molecule is CNc1ccc(NC(=O)CN2CCN(Cc3ccccc3)CC2)cc1. The van der Waals surface area contributed by atoms with Crippen molar-refractivity contribution in [1.82, 2.24) is 9.80 Å². The Morgan fingerprint density at radius 3 is 2.12 bits per heavy atom. The van der Waals surface area contributed by atoms with Gasteiger partial charge in [-0.2, -0.15) is 0 Å². The predicted molar refractivity (Wildman–Crippen MR) is 103 cm³/mol. The maximum Gasteiger partial charge on any atom is 0.238 e. The van der Waals surface area contributed by atoms with Gasteiger partial charge >= 0.3 is 0 Å². The maximum atomic E-state index is 12.2. The van der Waals surface area contributed by atoms with Crippen LogP contribution in [0.15, 0.2) is 54.6 Å². The van der Waals surface area contributed by atoms with E-state index in [0.717, 1.165) is 44.1 Å². The molecular weight excluding hydrogens is 312 g/mol. The van der Waals surface area contributed by atoms with E-state index in [9.17, 15) is 4.79 Å². The van der Waals surface area contributed by atoms with Crippen LogP contribution >= 0.6 is 0 Å². The molecule has 5 heteroatoms. The molecule has 0 saturated carbocycles. The van der Waals surface area contributed by atoms with Crippen molar-refractivity contribution in [3.05, 3.63) is 60.2 Å². The van der Waals surface area contributed by atoms with Crippen molar-refractivity contribution >= 4 is 17.3 Å². The van der Waals surface area contributed by atoms with Crippen molar-refractivity contribution in [2.24, 2.45) is 0 Å². The first-order chi connectivity index (χ1) is 12.2. The van der Waals surface area contributed by atoms with E-state index in [2.05, 4.69) is 44.7 Å². The van der Waals surface area contributed by atoms with Crippen molar-refractivity contribution in [2.75, 3.05) is 50.4 Å². The van der Waals surface area contributed by atoms with Crippen LogP contribution in [0.3, 0.4) is 0 Å². The van der Waals surface area contributed by atoms with Gasteiger partial charge in [-0.05, 0) is 29.8 Å². The molecule has 0 aromatic heterocycles. The van der Waals surface area contributed by atoms with Gasteiger partial charge in [0.15, 0.2) is 0 Å². The number of carbonyl (C=O) groups is 1. The van der Waals surface area contributed by atoms with Crippen LogP contribution in [0.2, 0.25) is 0 Å². The first-order valence-corrected chi connectivity index (χ1v) is 8.79. The summed E-state index contributed by atoms with van der Waals surface area (Å²) in [5.41, 5.74) is 3.22. The van der Waals surface area contributed by atoms with Crippen LogP contribution in [0.4, 0.5) is 11.4 Å². The highest BCUT2D eigenvalue weighted by molar-refractivity contribution is 5.92. The van der Waals surface area contributed by atoms with Crippen LogP contribution in [0, 0.1) is 0 Å². The Kier molecular flexibility index (Phi) is 6.04. The summed E-state index contributed by atoms with van der Waals surface area (Å²) < 4.78 is 0. The number of piperazine rings is 1. The summed E-state index contributed by atoms with van der Waals surface area (Å²) in [4.78, 5) is 16.9. The third-order valence-electron chi connectivity index (χ3n) is 4.54. The molecule has 0 aliphatic carbocycles. The monoisotopic (exact) mass is 338 g/mol. The second kappa shape index (κ2) is 8.65. The smallest absolute Gasteiger partial charge is 0.238 e. The van der Waals surface area contributed by atoms with Gasteiger partial charge in [0, 0.05) is 51.1 Å². The average molecular weight is 338 g/mol. The fraction of sp³-hybridized carbons (Fsp3) is 0.350. The molecule has 0 unspecified atom stereocenters. The lowest BCUT2D eigenvalue weighted by atomic mass is 10.2. The molecule has 0 bridgehead atoms. The molecular formula is C20H26N4O. The van der Waals surface area contributed by atoms with Crippen LogP contribution in [-0.2, 0) is 11.3 Å². The number of benzene rings is 2. The number of nitrogens with zero attached hydrogens (tertiary/aromatic N) is 2. The molecule has 1 aliphatic rings. The summed E-state index contributed by atoms with van der Waals surface area (Å²) in [6.07, 6.45) is 0. The minimum Gasteiger partial charge on any atom is -0.388 e. The zero-order chi connectivity index (χ0) is 17.5. The van der Waals surface area contributed by atoms with Gasteiger partial charge < -0.3 is 10.6 Å². The summed E-state index contributed by atoms with van der Waals surface area (Å²) in [5.74, 6) is 0.0497. The van der Waals surface area contributed by atoms with Gasteiger partial charge in [-0.15, -0.1) is 0 Å². The summed E-state index contributed by atoms with van der Waals surface area (Å²) in [6.45, 7) is 5.29. The van der Waals surface area contributed by atoms with Crippen molar-refractivity contribution in [3.63, 3.8) is 0 Å². The van der Waals surface area contributed by atoms with E-state index < -0.39 is 0 Å². The van der Waals surface area contributed by atoms with E-state index in [-0.39, 0.29) is 5.91 Å². The number of carbonyl (C=O) groups excluding carboxylic acids is 1. The zero-order valence-corrected chi connectivity index (χ0v) is 14.7. The summed E-state index contributed by atoms with van der Waals surface area (Å²) in [6, 6.07) is 18.3. The van der Waals surface area contributed by atoms with E-state index in [0.29, 0.717) is 6.54 Å². The van der Waals surface area contributed by atoms with Crippen LogP contribution in [-0.4, -0.2) is 55.5 Å². The van der Waals surface area contributed by atoms with Crippen LogP contribution in [0.1, 0.15) is 5.56 Å². The molecule has 2 aromatic carbocycles. The molecule has 0 spiro atoms. The Hall–Kier alpha value is -2.37. The zero-order valence-electron chi connectivity index (χ0n) is 14.7. The van der Waals surface area contributed by atoms with Crippen molar-refractivity contribution < 1.29 is 4.79 Å². The Bertz CT molecular complexity index is 664. The van der Waals surface area contributed by atoms with E-state index in [4.69, 9.17) is 0 Å². The third-order valence-corrected chi connectivity index (χ3v) is 4.54. The Labute approximate surface area is 149 Å². The van der Waals surface area contributed by atoms with Crippen molar-refractivity contribution in [2.45, 2.75) is 6.54 Å². The number of hydrogen-bond donors (Lipinski definition) is 2. The number of nitrogens with one attached hydrogen (secondary N) is 2. The molecule has 0 atom stereocenters. The van der Waals surface area contributed by atoms with E-state index in [1.165, 1.54) is 5.56 Å². The van der Waals surface area contributed by atoms with E-state index >= 15 is 0 Å². The number of anilines is 2. The van der Waals surface area contributed by atoms with Crippen LogP contribution in [0.25, 0.3) is 0 Å². The van der Waals surface area contributed by atoms with Crippen LogP contribution in [0.5, 0.6) is 0 Å². The summed E-state index contributed by atoms with van der Waals surface area (Å²) in [5, 5.41) is 6.04. The summed E-state index contributed by atoms with van der Waals surface area (Å²) in [7, 11) is 1.88. The second-order valence-corrected chi connectivity index (χ2v) is 6.41. The largest absolute Gasteiger partial charge is 0.388 e. The number of hydrogen-bond acceptors (Lipinski definition) is 4. The number of rotatable bonds is 6. The lowest BCUT2D eigenvalue weighted by Gasteiger charge is -2.34. The fourth-order valence-corrected chi connectivity index (χ4v) is 3.07. The third kappa shape index (κ3) is 5.31. The Balaban J connectivity index is 1.41.